The molecule has 0 saturated carbocycles. The van der Waals surface area contributed by atoms with E-state index in [1.54, 1.807) is 0 Å². The summed E-state index contributed by atoms with van der Waals surface area (Å²) in [5.74, 6) is 0.840. The monoisotopic (exact) mass is 240 g/mol. The maximum Gasteiger partial charge on any atom is 0.0702 e. The van der Waals surface area contributed by atoms with E-state index in [9.17, 15) is 0 Å². The average Bonchev–Trinajstić information content (AvgIpc) is 2.73. The molecule has 0 bridgehead atoms. The van der Waals surface area contributed by atoms with E-state index in [-0.39, 0.29) is 0 Å². The molecule has 2 aliphatic rings. The van der Waals surface area contributed by atoms with E-state index >= 15 is 0 Å². The Bertz CT molecular complexity index is 222. The molecular formula is C14H28N2O. The average molecular weight is 240 g/mol. The topological polar surface area (TPSA) is 24.5 Å². The minimum Gasteiger partial charge on any atom is -0.377 e. The van der Waals surface area contributed by atoms with Crippen LogP contribution in [-0.4, -0.2) is 49.8 Å². The van der Waals surface area contributed by atoms with Crippen molar-refractivity contribution in [2.75, 3.05) is 32.8 Å². The molecule has 2 rings (SSSR count). The van der Waals surface area contributed by atoms with E-state index < -0.39 is 0 Å². The molecule has 0 aromatic carbocycles. The van der Waals surface area contributed by atoms with Gasteiger partial charge in [-0.15, -0.1) is 0 Å². The fourth-order valence-corrected chi connectivity index (χ4v) is 3.02. The molecule has 2 heterocycles. The van der Waals surface area contributed by atoms with Crippen LogP contribution in [0.2, 0.25) is 0 Å². The first-order chi connectivity index (χ1) is 8.29. The molecule has 3 heteroatoms. The van der Waals surface area contributed by atoms with Crippen LogP contribution in [0.25, 0.3) is 0 Å². The van der Waals surface area contributed by atoms with Crippen LogP contribution < -0.4 is 5.32 Å². The van der Waals surface area contributed by atoms with E-state index in [0.717, 1.165) is 25.5 Å². The Balaban J connectivity index is 1.73. The molecular weight excluding hydrogens is 212 g/mol. The van der Waals surface area contributed by atoms with Gasteiger partial charge in [0, 0.05) is 25.7 Å². The lowest BCUT2D eigenvalue weighted by molar-refractivity contribution is -0.00269. The van der Waals surface area contributed by atoms with Crippen molar-refractivity contribution in [3.8, 4) is 0 Å². The van der Waals surface area contributed by atoms with E-state index in [0.29, 0.717) is 12.1 Å². The largest absolute Gasteiger partial charge is 0.377 e. The van der Waals surface area contributed by atoms with Crippen molar-refractivity contribution >= 4 is 0 Å². The molecule has 3 unspecified atom stereocenters. The van der Waals surface area contributed by atoms with Gasteiger partial charge in [-0.25, -0.2) is 0 Å². The fraction of sp³-hybridized carbons (Fsp3) is 1.00. The van der Waals surface area contributed by atoms with E-state index in [1.807, 2.05) is 0 Å². The van der Waals surface area contributed by atoms with Gasteiger partial charge in [0.25, 0.3) is 0 Å². The van der Waals surface area contributed by atoms with Crippen molar-refractivity contribution in [3.63, 3.8) is 0 Å². The summed E-state index contributed by atoms with van der Waals surface area (Å²) in [4.78, 5) is 2.60. The van der Waals surface area contributed by atoms with Gasteiger partial charge in [-0.2, -0.15) is 0 Å². The summed E-state index contributed by atoms with van der Waals surface area (Å²) in [6, 6.07) is 0.708. The highest BCUT2D eigenvalue weighted by molar-refractivity contribution is 4.85. The minimum absolute atomic E-state index is 0.486. The van der Waals surface area contributed by atoms with Gasteiger partial charge >= 0.3 is 0 Å². The summed E-state index contributed by atoms with van der Waals surface area (Å²) < 4.78 is 5.89. The number of ether oxygens (including phenoxy) is 1. The van der Waals surface area contributed by atoms with Gasteiger partial charge in [0.1, 0.15) is 0 Å². The Morgan fingerprint density at radius 1 is 1.35 bits per heavy atom. The van der Waals surface area contributed by atoms with Gasteiger partial charge in [0.15, 0.2) is 0 Å². The maximum absolute atomic E-state index is 5.89. The third-order valence-electron chi connectivity index (χ3n) is 4.17. The van der Waals surface area contributed by atoms with Crippen LogP contribution >= 0.6 is 0 Å². The van der Waals surface area contributed by atoms with Crippen LogP contribution in [0.4, 0.5) is 0 Å². The highest BCUT2D eigenvalue weighted by Crippen LogP contribution is 2.19. The maximum atomic E-state index is 5.89. The molecule has 0 aliphatic carbocycles. The Hall–Kier alpha value is -0.120. The molecule has 2 saturated heterocycles. The van der Waals surface area contributed by atoms with Crippen molar-refractivity contribution in [3.05, 3.63) is 0 Å². The number of rotatable bonds is 5. The number of hydrogen-bond acceptors (Lipinski definition) is 3. The van der Waals surface area contributed by atoms with Gasteiger partial charge in [0.2, 0.25) is 0 Å². The van der Waals surface area contributed by atoms with E-state index in [1.165, 1.54) is 38.9 Å². The molecule has 3 atom stereocenters. The number of nitrogens with one attached hydrogen (secondary N) is 1. The molecule has 0 spiro atoms. The summed E-state index contributed by atoms with van der Waals surface area (Å²) in [6.45, 7) is 10.3. The second-order valence-corrected chi connectivity index (χ2v) is 5.72. The van der Waals surface area contributed by atoms with Crippen LogP contribution in [-0.2, 0) is 4.74 Å². The Kier molecular flexibility index (Phi) is 5.26. The molecule has 0 aromatic rings. The third-order valence-corrected chi connectivity index (χ3v) is 4.17. The Morgan fingerprint density at radius 3 is 2.94 bits per heavy atom. The molecule has 0 amide bonds. The van der Waals surface area contributed by atoms with Gasteiger partial charge in [-0.05, 0) is 44.7 Å². The summed E-state index contributed by atoms with van der Waals surface area (Å²) in [5, 5.41) is 3.63. The SMILES string of the molecule is CCCOC1CCCN(CC2NCCC2C)C1. The number of hydrogen-bond donors (Lipinski definition) is 1. The van der Waals surface area contributed by atoms with E-state index in [2.05, 4.69) is 24.1 Å². The van der Waals surface area contributed by atoms with Gasteiger partial charge in [-0.1, -0.05) is 13.8 Å². The van der Waals surface area contributed by atoms with Gasteiger partial charge in [0.05, 0.1) is 6.10 Å². The Morgan fingerprint density at radius 2 is 2.24 bits per heavy atom. The predicted molar refractivity (Wildman–Crippen MR) is 71.3 cm³/mol. The number of likely N-dealkylation sites (tertiary alicyclic amines) is 1. The van der Waals surface area contributed by atoms with Crippen LogP contribution in [0, 0.1) is 5.92 Å². The highest BCUT2D eigenvalue weighted by Gasteiger charge is 2.27. The zero-order valence-electron chi connectivity index (χ0n) is 11.5. The molecule has 2 aliphatic heterocycles. The molecule has 100 valence electrons. The van der Waals surface area contributed by atoms with Crippen LogP contribution in [0.15, 0.2) is 0 Å². The third kappa shape index (κ3) is 3.94. The lowest BCUT2D eigenvalue weighted by atomic mass is 10.0. The van der Waals surface area contributed by atoms with Crippen LogP contribution in [0.3, 0.4) is 0 Å². The van der Waals surface area contributed by atoms with Crippen molar-refractivity contribution in [2.24, 2.45) is 5.92 Å². The zero-order valence-corrected chi connectivity index (χ0v) is 11.5. The summed E-state index contributed by atoms with van der Waals surface area (Å²) in [5.41, 5.74) is 0. The lowest BCUT2D eigenvalue weighted by Gasteiger charge is -2.35. The predicted octanol–water partition coefficient (Wildman–Crippen LogP) is 1.88. The minimum atomic E-state index is 0.486. The van der Waals surface area contributed by atoms with Gasteiger partial charge < -0.3 is 10.1 Å². The van der Waals surface area contributed by atoms with Crippen molar-refractivity contribution in [1.29, 1.82) is 0 Å². The first-order valence-electron chi connectivity index (χ1n) is 7.37. The molecule has 17 heavy (non-hydrogen) atoms. The first-order valence-corrected chi connectivity index (χ1v) is 7.37. The van der Waals surface area contributed by atoms with Crippen LogP contribution in [0.1, 0.15) is 39.5 Å². The molecule has 1 N–H and O–H groups in total. The van der Waals surface area contributed by atoms with Crippen molar-refractivity contribution in [1.82, 2.24) is 10.2 Å². The number of nitrogens with zero attached hydrogens (tertiary/aromatic N) is 1. The second-order valence-electron chi connectivity index (χ2n) is 5.72. The van der Waals surface area contributed by atoms with E-state index in [4.69, 9.17) is 4.74 Å². The van der Waals surface area contributed by atoms with Crippen molar-refractivity contribution in [2.45, 2.75) is 51.7 Å². The zero-order chi connectivity index (χ0) is 12.1. The van der Waals surface area contributed by atoms with Gasteiger partial charge in [-0.3, -0.25) is 4.90 Å². The van der Waals surface area contributed by atoms with Crippen molar-refractivity contribution < 1.29 is 4.74 Å². The fourth-order valence-electron chi connectivity index (χ4n) is 3.02. The molecule has 2 fully saturated rings. The summed E-state index contributed by atoms with van der Waals surface area (Å²) in [7, 11) is 0. The normalized spacial score (nSPS) is 35.3. The first kappa shape index (κ1) is 13.3. The Labute approximate surface area is 106 Å². The molecule has 0 aromatic heterocycles. The molecule has 3 nitrogen and oxygen atoms in total. The van der Waals surface area contributed by atoms with Crippen LogP contribution in [0.5, 0.6) is 0 Å². The smallest absolute Gasteiger partial charge is 0.0702 e. The summed E-state index contributed by atoms with van der Waals surface area (Å²) >= 11 is 0. The quantitative estimate of drug-likeness (QED) is 0.794. The highest BCUT2D eigenvalue weighted by atomic mass is 16.5. The second kappa shape index (κ2) is 6.72. The summed E-state index contributed by atoms with van der Waals surface area (Å²) in [6.07, 6.45) is 5.52. The molecule has 0 radical (unpaired) electrons. The standard InChI is InChI=1S/C14H28N2O/c1-3-9-17-13-5-4-8-16(10-13)11-14-12(2)6-7-15-14/h12-15H,3-11H2,1-2H3. The number of piperidine rings is 1. The lowest BCUT2D eigenvalue weighted by Crippen LogP contribution is -2.46.